The number of nitro benzene ring substituents is 1. The van der Waals surface area contributed by atoms with Crippen molar-refractivity contribution < 1.29 is 9.66 Å². The van der Waals surface area contributed by atoms with E-state index in [1.54, 1.807) is 12.1 Å². The van der Waals surface area contributed by atoms with Crippen LogP contribution in [0.15, 0.2) is 87.7 Å². The number of nitrogens with one attached hydrogen (secondary N) is 2. The molecule has 4 aromatic rings. The molecule has 12 heteroatoms. The Morgan fingerprint density at radius 3 is 2.49 bits per heavy atom. The number of ether oxygens (including phenoxy) is 1. The van der Waals surface area contributed by atoms with E-state index in [2.05, 4.69) is 30.8 Å². The molecule has 11 nitrogen and oxygen atoms in total. The highest BCUT2D eigenvalue weighted by molar-refractivity contribution is 7.99. The van der Waals surface area contributed by atoms with Crippen molar-refractivity contribution in [1.29, 1.82) is 0 Å². The molecule has 0 radical (unpaired) electrons. The van der Waals surface area contributed by atoms with Gasteiger partial charge in [0, 0.05) is 35.3 Å². The zero-order valence-corrected chi connectivity index (χ0v) is 22.0. The maximum atomic E-state index is 11.8. The van der Waals surface area contributed by atoms with Crippen LogP contribution in [-0.2, 0) is 4.74 Å². The van der Waals surface area contributed by atoms with Crippen LogP contribution in [0, 0.1) is 17.0 Å². The van der Waals surface area contributed by atoms with Crippen LogP contribution >= 0.6 is 11.8 Å². The number of aryl methyl sites for hydroxylation is 1. The first-order valence-corrected chi connectivity index (χ1v) is 13.1. The Bertz CT molecular complexity index is 1460. The van der Waals surface area contributed by atoms with Crippen LogP contribution < -0.4 is 15.6 Å². The van der Waals surface area contributed by atoms with E-state index in [0.717, 1.165) is 16.1 Å². The van der Waals surface area contributed by atoms with E-state index < -0.39 is 0 Å². The summed E-state index contributed by atoms with van der Waals surface area (Å²) in [6.45, 7) is 4.50. The van der Waals surface area contributed by atoms with Crippen LogP contribution in [0.3, 0.4) is 0 Å². The molecule has 0 atom stereocenters. The van der Waals surface area contributed by atoms with Crippen LogP contribution in [0.5, 0.6) is 0 Å². The minimum atomic E-state index is -0.386. The summed E-state index contributed by atoms with van der Waals surface area (Å²) in [4.78, 5) is 28.4. The second kappa shape index (κ2) is 12.3. The lowest BCUT2D eigenvalue weighted by Crippen LogP contribution is -2.37. The van der Waals surface area contributed by atoms with Crippen molar-refractivity contribution in [3.8, 4) is 0 Å². The molecule has 1 aromatic heterocycles. The fraction of sp³-hybridized carbons (Fsp3) is 0.185. The maximum Gasteiger partial charge on any atom is 0.283 e. The summed E-state index contributed by atoms with van der Waals surface area (Å²) < 4.78 is 5.45. The van der Waals surface area contributed by atoms with Crippen molar-refractivity contribution in [3.63, 3.8) is 0 Å². The number of hydrazone groups is 1. The minimum Gasteiger partial charge on any atom is -0.378 e. The van der Waals surface area contributed by atoms with Crippen molar-refractivity contribution in [2.24, 2.45) is 5.10 Å². The summed E-state index contributed by atoms with van der Waals surface area (Å²) in [5, 5.41) is 19.2. The van der Waals surface area contributed by atoms with E-state index in [1.807, 2.05) is 66.4 Å². The van der Waals surface area contributed by atoms with Crippen molar-refractivity contribution >= 4 is 47.2 Å². The average molecular weight is 543 g/mol. The smallest absolute Gasteiger partial charge is 0.283 e. The van der Waals surface area contributed by atoms with E-state index in [0.29, 0.717) is 48.7 Å². The van der Waals surface area contributed by atoms with Crippen LogP contribution in [0.2, 0.25) is 0 Å². The normalized spacial score (nSPS) is 13.4. The molecule has 1 saturated heterocycles. The first kappa shape index (κ1) is 26.1. The summed E-state index contributed by atoms with van der Waals surface area (Å²) in [6.07, 6.45) is 1.50. The number of hydrogen-bond acceptors (Lipinski definition) is 11. The van der Waals surface area contributed by atoms with Gasteiger partial charge in [0.15, 0.2) is 0 Å². The lowest BCUT2D eigenvalue weighted by Gasteiger charge is -2.27. The van der Waals surface area contributed by atoms with E-state index in [1.165, 1.54) is 24.0 Å². The van der Waals surface area contributed by atoms with Gasteiger partial charge in [-0.3, -0.25) is 10.1 Å². The number of morpholine rings is 1. The molecule has 3 aromatic carbocycles. The molecular weight excluding hydrogens is 516 g/mol. The molecule has 1 fully saturated rings. The Kier molecular flexibility index (Phi) is 8.24. The minimum absolute atomic E-state index is 0.00800. The quantitative estimate of drug-likeness (QED) is 0.164. The van der Waals surface area contributed by atoms with Gasteiger partial charge in [0.2, 0.25) is 17.8 Å². The fourth-order valence-corrected chi connectivity index (χ4v) is 4.67. The van der Waals surface area contributed by atoms with E-state index in [4.69, 9.17) is 4.74 Å². The van der Waals surface area contributed by atoms with Crippen LogP contribution in [0.1, 0.15) is 11.1 Å². The van der Waals surface area contributed by atoms with Gasteiger partial charge in [-0.1, -0.05) is 53.7 Å². The summed E-state index contributed by atoms with van der Waals surface area (Å²) in [5.74, 6) is 1.10. The Hall–Kier alpha value is -4.55. The molecule has 0 saturated carbocycles. The van der Waals surface area contributed by atoms with Crippen LogP contribution in [0.25, 0.3) is 0 Å². The number of para-hydroxylation sites is 1. The molecule has 1 aliphatic rings. The lowest BCUT2D eigenvalue weighted by molar-refractivity contribution is -0.387. The largest absolute Gasteiger partial charge is 0.378 e. The first-order chi connectivity index (χ1) is 19.0. The van der Waals surface area contributed by atoms with Gasteiger partial charge >= 0.3 is 0 Å². The van der Waals surface area contributed by atoms with Crippen molar-refractivity contribution in [2.75, 3.05) is 41.9 Å². The molecule has 5 rings (SSSR count). The standard InChI is InChI=1S/C27H26N8O3S/c1-19-7-10-22(11-8-19)39-24-12-9-20(17-23(24)35(36)37)18-28-33-26-30-25(29-21-5-3-2-4-6-21)31-27(32-26)34-13-15-38-16-14-34/h2-12,17-18H,13-16H2,1H3,(H2,29,30,31,32,33)/b28-18-. The first-order valence-electron chi connectivity index (χ1n) is 12.3. The Morgan fingerprint density at radius 2 is 1.74 bits per heavy atom. The predicted molar refractivity (Wildman–Crippen MR) is 152 cm³/mol. The van der Waals surface area contributed by atoms with E-state index in [-0.39, 0.29) is 16.6 Å². The fourth-order valence-electron chi connectivity index (χ4n) is 3.77. The molecular formula is C27H26N8O3S. The highest BCUT2D eigenvalue weighted by Gasteiger charge is 2.18. The molecule has 198 valence electrons. The van der Waals surface area contributed by atoms with Crippen LogP contribution in [0.4, 0.5) is 29.2 Å². The summed E-state index contributed by atoms with van der Waals surface area (Å²) in [5.41, 5.74) is 5.38. The Morgan fingerprint density at radius 1 is 1.00 bits per heavy atom. The van der Waals surface area contributed by atoms with Gasteiger partial charge in [0.05, 0.1) is 29.2 Å². The van der Waals surface area contributed by atoms with Crippen LogP contribution in [-0.4, -0.2) is 52.4 Å². The van der Waals surface area contributed by atoms with Gasteiger partial charge in [-0.25, -0.2) is 5.43 Å². The van der Waals surface area contributed by atoms with Gasteiger partial charge in [0.1, 0.15) is 0 Å². The Balaban J connectivity index is 1.34. The SMILES string of the molecule is Cc1ccc(Sc2ccc(/C=N\Nc3nc(Nc4ccccc4)nc(N4CCOCC4)n3)cc2[N+](=O)[O-])cc1. The van der Waals surface area contributed by atoms with E-state index in [9.17, 15) is 10.1 Å². The summed E-state index contributed by atoms with van der Waals surface area (Å²) in [7, 11) is 0. The zero-order valence-electron chi connectivity index (χ0n) is 21.2. The third-order valence-electron chi connectivity index (χ3n) is 5.75. The molecule has 0 spiro atoms. The zero-order chi connectivity index (χ0) is 27.0. The molecule has 0 aliphatic carbocycles. The van der Waals surface area contributed by atoms with Crippen molar-refractivity contribution in [2.45, 2.75) is 16.7 Å². The second-order valence-corrected chi connectivity index (χ2v) is 9.76. The third kappa shape index (κ3) is 7.06. The maximum absolute atomic E-state index is 11.8. The van der Waals surface area contributed by atoms with Gasteiger partial charge in [-0.15, -0.1) is 0 Å². The highest BCUT2D eigenvalue weighted by atomic mass is 32.2. The van der Waals surface area contributed by atoms with Gasteiger partial charge in [-0.05, 0) is 37.3 Å². The number of rotatable bonds is 9. The predicted octanol–water partition coefficient (Wildman–Crippen LogP) is 5.27. The monoisotopic (exact) mass is 542 g/mol. The van der Waals surface area contributed by atoms with Gasteiger partial charge in [-0.2, -0.15) is 20.1 Å². The molecule has 0 amide bonds. The third-order valence-corrected chi connectivity index (χ3v) is 6.83. The Labute approximate surface area is 229 Å². The highest BCUT2D eigenvalue weighted by Crippen LogP contribution is 2.35. The molecule has 1 aliphatic heterocycles. The molecule has 39 heavy (non-hydrogen) atoms. The molecule has 2 heterocycles. The average Bonchev–Trinajstić information content (AvgIpc) is 2.96. The molecule has 0 bridgehead atoms. The number of hydrogen-bond donors (Lipinski definition) is 2. The number of nitro groups is 1. The van der Waals surface area contributed by atoms with Gasteiger partial charge in [0.25, 0.3) is 5.69 Å². The van der Waals surface area contributed by atoms with E-state index >= 15 is 0 Å². The number of anilines is 4. The van der Waals surface area contributed by atoms with Gasteiger partial charge < -0.3 is 15.0 Å². The lowest BCUT2D eigenvalue weighted by atomic mass is 10.2. The van der Waals surface area contributed by atoms with Crippen molar-refractivity contribution in [3.05, 3.63) is 94.0 Å². The topological polar surface area (TPSA) is 131 Å². The number of aromatic nitrogens is 3. The molecule has 0 unspecified atom stereocenters. The summed E-state index contributed by atoms with van der Waals surface area (Å²) >= 11 is 1.35. The number of nitrogens with zero attached hydrogens (tertiary/aromatic N) is 6. The molecule has 2 N–H and O–H groups in total. The van der Waals surface area contributed by atoms with Crippen molar-refractivity contribution in [1.82, 2.24) is 15.0 Å². The summed E-state index contributed by atoms with van der Waals surface area (Å²) in [6, 6.07) is 22.4. The number of benzene rings is 3. The second-order valence-electron chi connectivity index (χ2n) is 8.64.